The van der Waals surface area contributed by atoms with Gasteiger partial charge in [0.1, 0.15) is 17.1 Å². The first kappa shape index (κ1) is 14.2. The molecule has 1 aliphatic heterocycles. The summed E-state index contributed by atoms with van der Waals surface area (Å²) in [7, 11) is 0. The summed E-state index contributed by atoms with van der Waals surface area (Å²) in [5, 5.41) is 20.6. The molecule has 0 fully saturated rings. The molecule has 0 bridgehead atoms. The van der Waals surface area contributed by atoms with Crippen molar-refractivity contribution in [1.82, 2.24) is 0 Å². The lowest BCUT2D eigenvalue weighted by molar-refractivity contribution is -0.384. The highest BCUT2D eigenvalue weighted by molar-refractivity contribution is 5.65. The van der Waals surface area contributed by atoms with E-state index in [4.69, 9.17) is 4.74 Å². The van der Waals surface area contributed by atoms with E-state index >= 15 is 0 Å². The van der Waals surface area contributed by atoms with Crippen molar-refractivity contribution in [2.45, 2.75) is 26.4 Å². The van der Waals surface area contributed by atoms with Gasteiger partial charge in [-0.2, -0.15) is 0 Å². The van der Waals surface area contributed by atoms with Gasteiger partial charge in [-0.1, -0.05) is 0 Å². The summed E-state index contributed by atoms with van der Waals surface area (Å²) in [4.78, 5) is 12.3. The molecule has 1 heterocycles. The van der Waals surface area contributed by atoms with Crippen molar-refractivity contribution in [2.24, 2.45) is 0 Å². The molecule has 0 aliphatic carbocycles. The van der Waals surface area contributed by atoms with E-state index in [-0.39, 0.29) is 11.4 Å². The fraction of sp³-hybridized carbons (Fsp3) is 0.429. The molecule has 0 radical (unpaired) electrons. The van der Waals surface area contributed by atoms with Crippen LogP contribution in [0.1, 0.15) is 20.8 Å². The third-order valence-corrected chi connectivity index (χ3v) is 3.14. The third-order valence-electron chi connectivity index (χ3n) is 3.14. The van der Waals surface area contributed by atoms with Crippen LogP contribution in [0.25, 0.3) is 0 Å². The maximum Gasteiger partial charge on any atom is 0.271 e. The quantitative estimate of drug-likeness (QED) is 0.522. The van der Waals surface area contributed by atoms with Crippen molar-refractivity contribution < 1.29 is 14.8 Å². The van der Waals surface area contributed by atoms with Crippen LogP contribution in [-0.4, -0.2) is 28.7 Å². The molecule has 0 atom stereocenters. The van der Waals surface area contributed by atoms with Crippen LogP contribution >= 0.6 is 0 Å². The number of nitrogens with zero attached hydrogens (tertiary/aromatic N) is 2. The zero-order valence-electron chi connectivity index (χ0n) is 11.8. The number of nitro groups is 1. The van der Waals surface area contributed by atoms with Gasteiger partial charge in [0.05, 0.1) is 23.7 Å². The predicted octanol–water partition coefficient (Wildman–Crippen LogP) is 3.03. The minimum atomic E-state index is -0.437. The number of hydrogen-bond donors (Lipinski definition) is 1. The Balaban J connectivity index is 2.44. The normalized spacial score (nSPS) is 17.4. The number of non-ortho nitro benzene ring substituents is 1. The molecular formula is C14H18N2O4. The van der Waals surface area contributed by atoms with E-state index in [9.17, 15) is 15.2 Å². The molecule has 6 nitrogen and oxygen atoms in total. The Morgan fingerprint density at radius 2 is 2.30 bits per heavy atom. The maximum absolute atomic E-state index is 10.9. The standard InChI is InChI=1S/C14H18N2O4/c1-4-11(17)8-15-9-14(2,3)20-13-6-5-10(16(18)19)7-12(13)15/h4-7,17H,8-9H2,1-3H3. The SMILES string of the molecule is CC=C(O)CN1CC(C)(C)Oc2ccc([N+](=O)[O-])cc21. The molecule has 1 aromatic rings. The van der Waals surface area contributed by atoms with E-state index < -0.39 is 10.5 Å². The lowest BCUT2D eigenvalue weighted by Crippen LogP contribution is -2.47. The van der Waals surface area contributed by atoms with E-state index in [1.165, 1.54) is 12.1 Å². The van der Waals surface area contributed by atoms with Gasteiger partial charge in [-0.05, 0) is 32.9 Å². The number of fused-ring (bicyclic) bond motifs is 1. The van der Waals surface area contributed by atoms with Gasteiger partial charge in [0, 0.05) is 12.1 Å². The zero-order valence-corrected chi connectivity index (χ0v) is 11.8. The Hall–Kier alpha value is -2.24. The summed E-state index contributed by atoms with van der Waals surface area (Å²) in [6.45, 7) is 6.47. The molecule has 0 aromatic heterocycles. The van der Waals surface area contributed by atoms with Crippen LogP contribution in [-0.2, 0) is 0 Å². The smallest absolute Gasteiger partial charge is 0.271 e. The van der Waals surface area contributed by atoms with Gasteiger partial charge in [0.2, 0.25) is 0 Å². The van der Waals surface area contributed by atoms with Gasteiger partial charge in [-0.15, -0.1) is 0 Å². The Labute approximate surface area is 117 Å². The Morgan fingerprint density at radius 1 is 1.60 bits per heavy atom. The molecule has 2 rings (SSSR count). The van der Waals surface area contributed by atoms with Crippen LogP contribution in [0.15, 0.2) is 30.0 Å². The fourth-order valence-corrected chi connectivity index (χ4v) is 2.26. The summed E-state index contributed by atoms with van der Waals surface area (Å²) in [6.07, 6.45) is 1.61. The van der Waals surface area contributed by atoms with Crippen LogP contribution in [0.2, 0.25) is 0 Å². The largest absolute Gasteiger partial charge is 0.511 e. The highest BCUT2D eigenvalue weighted by atomic mass is 16.6. The molecular weight excluding hydrogens is 260 g/mol. The van der Waals surface area contributed by atoms with Crippen LogP contribution < -0.4 is 9.64 Å². The molecule has 1 aromatic carbocycles. The summed E-state index contributed by atoms with van der Waals surface area (Å²) < 4.78 is 5.83. The number of aliphatic hydroxyl groups excluding tert-OH is 1. The minimum Gasteiger partial charge on any atom is -0.511 e. The monoisotopic (exact) mass is 278 g/mol. The second-order valence-electron chi connectivity index (χ2n) is 5.41. The summed E-state index contributed by atoms with van der Waals surface area (Å²) >= 11 is 0. The molecule has 6 heteroatoms. The van der Waals surface area contributed by atoms with E-state index in [1.54, 1.807) is 19.1 Å². The van der Waals surface area contributed by atoms with Crippen LogP contribution in [0.5, 0.6) is 5.75 Å². The van der Waals surface area contributed by atoms with Gasteiger partial charge < -0.3 is 14.7 Å². The van der Waals surface area contributed by atoms with Crippen molar-refractivity contribution in [2.75, 3.05) is 18.0 Å². The number of aliphatic hydroxyl groups is 1. The summed E-state index contributed by atoms with van der Waals surface area (Å²) in [5.74, 6) is 0.816. The Morgan fingerprint density at radius 3 is 2.90 bits per heavy atom. The fourth-order valence-electron chi connectivity index (χ4n) is 2.26. The molecule has 1 aliphatic rings. The lowest BCUT2D eigenvalue weighted by atomic mass is 10.0. The molecule has 0 amide bonds. The topological polar surface area (TPSA) is 75.8 Å². The molecule has 20 heavy (non-hydrogen) atoms. The minimum absolute atomic E-state index is 0.0111. The van der Waals surface area contributed by atoms with E-state index in [0.717, 1.165) is 0 Å². The summed E-state index contributed by atoms with van der Waals surface area (Å²) in [5.41, 5.74) is 0.223. The van der Waals surface area contributed by atoms with Gasteiger partial charge in [-0.25, -0.2) is 0 Å². The van der Waals surface area contributed by atoms with Crippen LogP contribution in [0.4, 0.5) is 11.4 Å². The molecule has 1 N–H and O–H groups in total. The molecule has 108 valence electrons. The average molecular weight is 278 g/mol. The molecule has 0 spiro atoms. The van der Waals surface area contributed by atoms with Crippen molar-refractivity contribution in [1.29, 1.82) is 0 Å². The molecule has 0 saturated heterocycles. The number of ether oxygens (including phenoxy) is 1. The first-order valence-electron chi connectivity index (χ1n) is 6.39. The van der Waals surface area contributed by atoms with Crippen LogP contribution in [0.3, 0.4) is 0 Å². The third kappa shape index (κ3) is 2.84. The predicted molar refractivity (Wildman–Crippen MR) is 76.4 cm³/mol. The van der Waals surface area contributed by atoms with Gasteiger partial charge in [0.15, 0.2) is 0 Å². The maximum atomic E-state index is 10.9. The first-order valence-corrected chi connectivity index (χ1v) is 6.39. The summed E-state index contributed by atoms with van der Waals surface area (Å²) in [6, 6.07) is 4.51. The van der Waals surface area contributed by atoms with Gasteiger partial charge in [0.25, 0.3) is 5.69 Å². The first-order chi connectivity index (χ1) is 9.32. The second-order valence-corrected chi connectivity index (χ2v) is 5.41. The number of allylic oxidation sites excluding steroid dienone is 1. The lowest BCUT2D eigenvalue weighted by Gasteiger charge is -2.40. The zero-order chi connectivity index (χ0) is 14.9. The Kier molecular flexibility index (Phi) is 3.57. The highest BCUT2D eigenvalue weighted by Crippen LogP contribution is 2.39. The van der Waals surface area contributed by atoms with Gasteiger partial charge >= 0.3 is 0 Å². The number of benzene rings is 1. The second kappa shape index (κ2) is 5.03. The van der Waals surface area contributed by atoms with E-state index in [2.05, 4.69) is 0 Å². The van der Waals surface area contributed by atoms with Crippen molar-refractivity contribution in [3.8, 4) is 5.75 Å². The van der Waals surface area contributed by atoms with E-state index in [0.29, 0.717) is 24.5 Å². The highest BCUT2D eigenvalue weighted by Gasteiger charge is 2.33. The average Bonchev–Trinajstić information content (AvgIpc) is 2.36. The van der Waals surface area contributed by atoms with Gasteiger partial charge in [-0.3, -0.25) is 10.1 Å². The number of hydrogen-bond acceptors (Lipinski definition) is 5. The number of rotatable bonds is 3. The number of anilines is 1. The van der Waals surface area contributed by atoms with Crippen molar-refractivity contribution in [3.63, 3.8) is 0 Å². The Bertz CT molecular complexity index is 566. The molecule has 0 saturated carbocycles. The van der Waals surface area contributed by atoms with Crippen LogP contribution in [0, 0.1) is 10.1 Å². The van der Waals surface area contributed by atoms with Crippen molar-refractivity contribution in [3.05, 3.63) is 40.1 Å². The van der Waals surface area contributed by atoms with E-state index in [1.807, 2.05) is 18.7 Å². The molecule has 0 unspecified atom stereocenters. The number of nitro benzene ring substituents is 1. The van der Waals surface area contributed by atoms with Crippen molar-refractivity contribution >= 4 is 11.4 Å².